The van der Waals surface area contributed by atoms with Crippen LogP contribution in [0, 0.1) is 6.92 Å². The second kappa shape index (κ2) is 7.61. The Morgan fingerprint density at radius 3 is 2.82 bits per heavy atom. The van der Waals surface area contributed by atoms with Crippen molar-refractivity contribution in [3.8, 4) is 0 Å². The molecule has 2 aromatic rings. The van der Waals surface area contributed by atoms with E-state index in [2.05, 4.69) is 29.0 Å². The molecule has 2 rings (SSSR count). The Morgan fingerprint density at radius 1 is 1.41 bits per heavy atom. The molecule has 22 heavy (non-hydrogen) atoms. The maximum absolute atomic E-state index is 12.4. The van der Waals surface area contributed by atoms with Gasteiger partial charge in [0.1, 0.15) is 11.3 Å². The molecule has 0 atom stereocenters. The van der Waals surface area contributed by atoms with E-state index >= 15 is 0 Å². The normalized spacial score (nSPS) is 11.3. The molecule has 0 saturated carbocycles. The van der Waals surface area contributed by atoms with E-state index in [4.69, 9.17) is 11.6 Å². The summed E-state index contributed by atoms with van der Waals surface area (Å²) in [5.41, 5.74) is 1.98. The van der Waals surface area contributed by atoms with E-state index < -0.39 is 0 Å². The Balaban J connectivity index is 2.00. The number of hydrogen-bond acceptors (Lipinski definition) is 3. The standard InChI is InChI=1S/C16H23ClN4O/c1-4-20(5-2)9-6-8-18-16(22)15-12(3)19-14-11-13(17)7-10-21(14)15/h7,10-11H,4-6,8-9H2,1-3H3,(H,18,22). The van der Waals surface area contributed by atoms with Crippen LogP contribution in [0.3, 0.4) is 0 Å². The van der Waals surface area contributed by atoms with Crippen LogP contribution in [0.1, 0.15) is 36.5 Å². The van der Waals surface area contributed by atoms with Crippen molar-refractivity contribution in [3.05, 3.63) is 34.7 Å². The summed E-state index contributed by atoms with van der Waals surface area (Å²) in [7, 11) is 0. The average molecular weight is 323 g/mol. The minimum Gasteiger partial charge on any atom is -0.351 e. The van der Waals surface area contributed by atoms with Crippen molar-refractivity contribution in [1.29, 1.82) is 0 Å². The van der Waals surface area contributed by atoms with Crippen molar-refractivity contribution >= 4 is 23.2 Å². The summed E-state index contributed by atoms with van der Waals surface area (Å²) in [6, 6.07) is 3.51. The summed E-state index contributed by atoms with van der Waals surface area (Å²) in [4.78, 5) is 19.1. The van der Waals surface area contributed by atoms with E-state index in [1.165, 1.54) is 0 Å². The van der Waals surface area contributed by atoms with Crippen LogP contribution < -0.4 is 5.32 Å². The number of imidazole rings is 1. The van der Waals surface area contributed by atoms with Crippen LogP contribution in [0.5, 0.6) is 0 Å². The van der Waals surface area contributed by atoms with E-state index in [1.54, 1.807) is 22.7 Å². The van der Waals surface area contributed by atoms with Crippen molar-refractivity contribution in [3.63, 3.8) is 0 Å². The minimum absolute atomic E-state index is 0.0909. The summed E-state index contributed by atoms with van der Waals surface area (Å²) in [6.45, 7) is 9.87. The Morgan fingerprint density at radius 2 is 2.14 bits per heavy atom. The molecule has 1 N–H and O–H groups in total. The lowest BCUT2D eigenvalue weighted by molar-refractivity contribution is 0.0945. The smallest absolute Gasteiger partial charge is 0.270 e. The van der Waals surface area contributed by atoms with E-state index in [9.17, 15) is 4.79 Å². The molecule has 0 radical (unpaired) electrons. The van der Waals surface area contributed by atoms with Crippen molar-refractivity contribution in [2.24, 2.45) is 0 Å². The second-order valence-corrected chi connectivity index (χ2v) is 5.69. The van der Waals surface area contributed by atoms with Gasteiger partial charge in [0.05, 0.1) is 5.69 Å². The Kier molecular flexibility index (Phi) is 5.80. The maximum Gasteiger partial charge on any atom is 0.270 e. The van der Waals surface area contributed by atoms with Crippen molar-refractivity contribution in [2.45, 2.75) is 27.2 Å². The molecule has 0 fully saturated rings. The van der Waals surface area contributed by atoms with Crippen molar-refractivity contribution < 1.29 is 4.79 Å². The third-order valence-electron chi connectivity index (χ3n) is 3.81. The van der Waals surface area contributed by atoms with Gasteiger partial charge in [0, 0.05) is 23.8 Å². The topological polar surface area (TPSA) is 49.6 Å². The average Bonchev–Trinajstić information content (AvgIpc) is 2.82. The van der Waals surface area contributed by atoms with Gasteiger partial charge in [0.15, 0.2) is 0 Å². The van der Waals surface area contributed by atoms with Crippen LogP contribution in [-0.4, -0.2) is 46.4 Å². The molecule has 0 aromatic carbocycles. The van der Waals surface area contributed by atoms with Gasteiger partial charge in [-0.05, 0) is 39.0 Å². The lowest BCUT2D eigenvalue weighted by Crippen LogP contribution is -2.30. The highest BCUT2D eigenvalue weighted by molar-refractivity contribution is 6.30. The number of hydrogen-bond donors (Lipinski definition) is 1. The van der Waals surface area contributed by atoms with Gasteiger partial charge < -0.3 is 10.2 Å². The van der Waals surface area contributed by atoms with Gasteiger partial charge in [-0.3, -0.25) is 9.20 Å². The zero-order valence-electron chi connectivity index (χ0n) is 13.4. The highest BCUT2D eigenvalue weighted by Crippen LogP contribution is 2.16. The number of carbonyl (C=O) groups excluding carboxylic acids is 1. The summed E-state index contributed by atoms with van der Waals surface area (Å²) in [5, 5.41) is 3.59. The molecule has 6 heteroatoms. The highest BCUT2D eigenvalue weighted by Gasteiger charge is 2.16. The van der Waals surface area contributed by atoms with Crippen LogP contribution in [-0.2, 0) is 0 Å². The fraction of sp³-hybridized carbons (Fsp3) is 0.500. The molecule has 2 aromatic heterocycles. The molecule has 0 unspecified atom stereocenters. The first-order valence-corrected chi connectivity index (χ1v) is 8.09. The summed E-state index contributed by atoms with van der Waals surface area (Å²) >= 11 is 5.96. The number of aryl methyl sites for hydroxylation is 1. The van der Waals surface area contributed by atoms with Crippen molar-refractivity contribution in [1.82, 2.24) is 19.6 Å². The number of carbonyl (C=O) groups is 1. The Hall–Kier alpha value is -1.59. The number of fused-ring (bicyclic) bond motifs is 1. The lowest BCUT2D eigenvalue weighted by Gasteiger charge is -2.17. The zero-order valence-corrected chi connectivity index (χ0v) is 14.2. The van der Waals surface area contributed by atoms with Gasteiger partial charge in [-0.1, -0.05) is 25.4 Å². The van der Waals surface area contributed by atoms with E-state index in [1.807, 2.05) is 6.92 Å². The predicted octanol–water partition coefficient (Wildman–Crippen LogP) is 2.76. The van der Waals surface area contributed by atoms with Crippen LogP contribution in [0.25, 0.3) is 5.65 Å². The molecule has 0 aliphatic heterocycles. The summed E-state index contributed by atoms with van der Waals surface area (Å²) in [6.07, 6.45) is 2.72. The van der Waals surface area contributed by atoms with E-state index in [0.717, 1.165) is 26.1 Å². The monoisotopic (exact) mass is 322 g/mol. The quantitative estimate of drug-likeness (QED) is 0.797. The number of pyridine rings is 1. The minimum atomic E-state index is -0.0909. The molecule has 2 heterocycles. The third kappa shape index (κ3) is 3.78. The van der Waals surface area contributed by atoms with Crippen molar-refractivity contribution in [2.75, 3.05) is 26.2 Å². The Bertz CT molecular complexity index is 649. The number of rotatable bonds is 7. The lowest BCUT2D eigenvalue weighted by atomic mass is 10.3. The summed E-state index contributed by atoms with van der Waals surface area (Å²) in [5.74, 6) is -0.0909. The molecule has 0 spiro atoms. The summed E-state index contributed by atoms with van der Waals surface area (Å²) < 4.78 is 1.78. The zero-order chi connectivity index (χ0) is 16.1. The fourth-order valence-corrected chi connectivity index (χ4v) is 2.69. The van der Waals surface area contributed by atoms with Gasteiger partial charge in [-0.25, -0.2) is 4.98 Å². The van der Waals surface area contributed by atoms with Crippen LogP contribution in [0.2, 0.25) is 5.02 Å². The first-order chi connectivity index (χ1) is 10.6. The largest absolute Gasteiger partial charge is 0.351 e. The van der Waals surface area contributed by atoms with Crippen LogP contribution in [0.15, 0.2) is 18.3 Å². The van der Waals surface area contributed by atoms with E-state index in [0.29, 0.717) is 28.6 Å². The third-order valence-corrected chi connectivity index (χ3v) is 4.04. The van der Waals surface area contributed by atoms with Gasteiger partial charge >= 0.3 is 0 Å². The van der Waals surface area contributed by atoms with Gasteiger partial charge in [0.2, 0.25) is 0 Å². The second-order valence-electron chi connectivity index (χ2n) is 5.26. The molecular weight excluding hydrogens is 300 g/mol. The van der Waals surface area contributed by atoms with Crippen LogP contribution >= 0.6 is 11.6 Å². The molecule has 0 saturated heterocycles. The predicted molar refractivity (Wildman–Crippen MR) is 89.7 cm³/mol. The van der Waals surface area contributed by atoms with Gasteiger partial charge in [-0.2, -0.15) is 0 Å². The van der Waals surface area contributed by atoms with Gasteiger partial charge in [-0.15, -0.1) is 0 Å². The molecule has 0 bridgehead atoms. The first kappa shape index (κ1) is 16.8. The van der Waals surface area contributed by atoms with Crippen LogP contribution in [0.4, 0.5) is 0 Å². The molecule has 5 nitrogen and oxygen atoms in total. The SMILES string of the molecule is CCN(CC)CCCNC(=O)c1c(C)nc2cc(Cl)ccn12. The molecular formula is C16H23ClN4O. The number of amides is 1. The molecule has 120 valence electrons. The number of halogens is 1. The Labute approximate surface area is 136 Å². The molecule has 0 aliphatic carbocycles. The first-order valence-electron chi connectivity index (χ1n) is 7.71. The molecule has 1 amide bonds. The number of nitrogens with one attached hydrogen (secondary N) is 1. The number of nitrogens with zero attached hydrogens (tertiary/aromatic N) is 3. The highest BCUT2D eigenvalue weighted by atomic mass is 35.5. The van der Waals surface area contributed by atoms with E-state index in [-0.39, 0.29) is 5.91 Å². The molecule has 0 aliphatic rings. The fourth-order valence-electron chi connectivity index (χ4n) is 2.54. The number of aromatic nitrogens is 2. The maximum atomic E-state index is 12.4. The van der Waals surface area contributed by atoms with Gasteiger partial charge in [0.25, 0.3) is 5.91 Å².